The third-order valence-electron chi connectivity index (χ3n) is 2.84. The lowest BCUT2D eigenvalue weighted by Crippen LogP contribution is -2.37. The maximum atomic E-state index is 5.42. The summed E-state index contributed by atoms with van der Waals surface area (Å²) in [6.07, 6.45) is 4.10. The van der Waals surface area contributed by atoms with Crippen LogP contribution in [0.5, 0.6) is 5.88 Å². The van der Waals surface area contributed by atoms with E-state index in [1.54, 1.807) is 20.4 Å². The second kappa shape index (κ2) is 13.6. The summed E-state index contributed by atoms with van der Waals surface area (Å²) in [6.45, 7) is 4.84. The van der Waals surface area contributed by atoms with Crippen molar-refractivity contribution in [2.24, 2.45) is 4.99 Å². The Balaban J connectivity index is 0.00000441. The molecular weight excluding hydrogens is 395 g/mol. The molecular formula is C15H27IN4O2. The van der Waals surface area contributed by atoms with Gasteiger partial charge in [-0.1, -0.05) is 19.4 Å². The summed E-state index contributed by atoms with van der Waals surface area (Å²) < 4.78 is 10.3. The lowest BCUT2D eigenvalue weighted by atomic mass is 10.3. The number of pyridine rings is 1. The number of unbranched alkanes of at least 4 members (excludes halogenated alkanes) is 1. The van der Waals surface area contributed by atoms with Crippen LogP contribution in [-0.2, 0) is 11.3 Å². The van der Waals surface area contributed by atoms with E-state index < -0.39 is 0 Å². The van der Waals surface area contributed by atoms with Crippen LogP contribution in [0.1, 0.15) is 25.3 Å². The minimum atomic E-state index is 0. The molecule has 7 heteroatoms. The minimum Gasteiger partial charge on any atom is -0.475 e. The van der Waals surface area contributed by atoms with Crippen LogP contribution in [0.4, 0.5) is 0 Å². The molecule has 0 amide bonds. The fraction of sp³-hybridized carbons (Fsp3) is 0.600. The molecule has 6 nitrogen and oxygen atoms in total. The van der Waals surface area contributed by atoms with Gasteiger partial charge in [-0.15, -0.1) is 24.0 Å². The highest BCUT2D eigenvalue weighted by atomic mass is 127. The van der Waals surface area contributed by atoms with Crippen molar-refractivity contribution in [3.63, 3.8) is 0 Å². The van der Waals surface area contributed by atoms with E-state index in [2.05, 4.69) is 27.5 Å². The van der Waals surface area contributed by atoms with Crippen LogP contribution in [0, 0.1) is 0 Å². The van der Waals surface area contributed by atoms with Gasteiger partial charge in [0.05, 0.1) is 6.61 Å². The molecule has 0 bridgehead atoms. The molecule has 1 rings (SSSR count). The van der Waals surface area contributed by atoms with E-state index in [1.807, 2.05) is 12.1 Å². The predicted molar refractivity (Wildman–Crippen MR) is 100 cm³/mol. The van der Waals surface area contributed by atoms with Crippen LogP contribution in [0.2, 0.25) is 0 Å². The molecule has 0 radical (unpaired) electrons. The van der Waals surface area contributed by atoms with E-state index in [-0.39, 0.29) is 24.0 Å². The van der Waals surface area contributed by atoms with Crippen molar-refractivity contribution in [1.29, 1.82) is 0 Å². The van der Waals surface area contributed by atoms with Crippen molar-refractivity contribution in [1.82, 2.24) is 15.6 Å². The summed E-state index contributed by atoms with van der Waals surface area (Å²) in [7, 11) is 3.42. The van der Waals surface area contributed by atoms with Crippen molar-refractivity contribution >= 4 is 29.9 Å². The average molecular weight is 422 g/mol. The molecule has 0 saturated heterocycles. The zero-order chi connectivity index (χ0) is 15.3. The fourth-order valence-electron chi connectivity index (χ4n) is 1.62. The number of halogens is 1. The van der Waals surface area contributed by atoms with E-state index in [0.717, 1.165) is 24.5 Å². The SMILES string of the molecule is CCCCNC(=NC)NCc1ccc(OCCOC)nc1.I. The van der Waals surface area contributed by atoms with Crippen molar-refractivity contribution in [2.45, 2.75) is 26.3 Å². The molecule has 126 valence electrons. The van der Waals surface area contributed by atoms with Crippen LogP contribution < -0.4 is 15.4 Å². The number of nitrogens with zero attached hydrogens (tertiary/aromatic N) is 2. The van der Waals surface area contributed by atoms with Crippen molar-refractivity contribution < 1.29 is 9.47 Å². The summed E-state index contributed by atoms with van der Waals surface area (Å²) >= 11 is 0. The number of hydrogen-bond donors (Lipinski definition) is 2. The Morgan fingerprint density at radius 1 is 1.27 bits per heavy atom. The van der Waals surface area contributed by atoms with Gasteiger partial charge in [0.2, 0.25) is 5.88 Å². The lowest BCUT2D eigenvalue weighted by molar-refractivity contribution is 0.143. The standard InChI is InChI=1S/C15H26N4O2.HI/c1-4-5-8-17-15(16-2)19-12-13-6-7-14(18-11-13)21-10-9-20-3;/h6-7,11H,4-5,8-10,12H2,1-3H3,(H2,16,17,19);1H. The first-order chi connectivity index (χ1) is 10.3. The van der Waals surface area contributed by atoms with Gasteiger partial charge in [0.15, 0.2) is 5.96 Å². The van der Waals surface area contributed by atoms with E-state index in [9.17, 15) is 0 Å². The molecule has 0 spiro atoms. The van der Waals surface area contributed by atoms with Crippen LogP contribution in [0.15, 0.2) is 23.3 Å². The second-order valence-corrected chi connectivity index (χ2v) is 4.55. The van der Waals surface area contributed by atoms with Gasteiger partial charge in [-0.2, -0.15) is 0 Å². The molecule has 2 N–H and O–H groups in total. The fourth-order valence-corrected chi connectivity index (χ4v) is 1.62. The molecule has 1 aromatic rings. The van der Waals surface area contributed by atoms with Crippen LogP contribution in [0.25, 0.3) is 0 Å². The molecule has 0 fully saturated rings. The van der Waals surface area contributed by atoms with Gasteiger partial charge < -0.3 is 20.1 Å². The molecule has 1 heterocycles. The van der Waals surface area contributed by atoms with Gasteiger partial charge in [-0.3, -0.25) is 4.99 Å². The summed E-state index contributed by atoms with van der Waals surface area (Å²) in [5.74, 6) is 1.42. The molecule has 0 saturated carbocycles. The highest BCUT2D eigenvalue weighted by Crippen LogP contribution is 2.07. The molecule has 0 aliphatic heterocycles. The summed E-state index contributed by atoms with van der Waals surface area (Å²) in [5.41, 5.74) is 1.08. The second-order valence-electron chi connectivity index (χ2n) is 4.55. The third kappa shape index (κ3) is 9.04. The number of hydrogen-bond acceptors (Lipinski definition) is 4. The quantitative estimate of drug-likeness (QED) is 0.277. The van der Waals surface area contributed by atoms with Gasteiger partial charge >= 0.3 is 0 Å². The first-order valence-electron chi connectivity index (χ1n) is 7.31. The number of ether oxygens (including phenoxy) is 2. The molecule has 0 aliphatic rings. The predicted octanol–water partition coefficient (Wildman–Crippen LogP) is 2.19. The number of aliphatic imine (C=N–C) groups is 1. The lowest BCUT2D eigenvalue weighted by Gasteiger charge is -2.11. The maximum Gasteiger partial charge on any atom is 0.213 e. The molecule has 0 unspecified atom stereocenters. The van der Waals surface area contributed by atoms with Crippen molar-refractivity contribution in [2.75, 3.05) is 33.9 Å². The summed E-state index contributed by atoms with van der Waals surface area (Å²) in [6, 6.07) is 3.85. The van der Waals surface area contributed by atoms with Crippen molar-refractivity contribution in [3.8, 4) is 5.88 Å². The Labute approximate surface area is 150 Å². The first kappa shape index (κ1) is 20.9. The minimum absolute atomic E-state index is 0. The van der Waals surface area contributed by atoms with Crippen LogP contribution >= 0.6 is 24.0 Å². The Hall–Kier alpha value is -1.09. The van der Waals surface area contributed by atoms with E-state index >= 15 is 0 Å². The van der Waals surface area contributed by atoms with Gasteiger partial charge in [-0.05, 0) is 12.0 Å². The first-order valence-corrected chi connectivity index (χ1v) is 7.31. The third-order valence-corrected chi connectivity index (χ3v) is 2.84. The average Bonchev–Trinajstić information content (AvgIpc) is 2.52. The maximum absolute atomic E-state index is 5.42. The highest BCUT2D eigenvalue weighted by molar-refractivity contribution is 14.0. The highest BCUT2D eigenvalue weighted by Gasteiger charge is 2.00. The number of aromatic nitrogens is 1. The molecule has 22 heavy (non-hydrogen) atoms. The zero-order valence-corrected chi connectivity index (χ0v) is 15.9. The Morgan fingerprint density at radius 3 is 2.68 bits per heavy atom. The van der Waals surface area contributed by atoms with E-state index in [0.29, 0.717) is 25.6 Å². The smallest absolute Gasteiger partial charge is 0.213 e. The summed E-state index contributed by atoms with van der Waals surface area (Å²) in [4.78, 5) is 8.43. The Kier molecular flexibility index (Phi) is 12.9. The topological polar surface area (TPSA) is 67.8 Å². The summed E-state index contributed by atoms with van der Waals surface area (Å²) in [5, 5.41) is 6.52. The Bertz CT molecular complexity index is 413. The van der Waals surface area contributed by atoms with Gasteiger partial charge in [0.25, 0.3) is 0 Å². The normalized spacial score (nSPS) is 10.8. The molecule has 1 aromatic heterocycles. The van der Waals surface area contributed by atoms with Gasteiger partial charge in [0.1, 0.15) is 6.61 Å². The van der Waals surface area contributed by atoms with Crippen LogP contribution in [-0.4, -0.2) is 44.9 Å². The number of nitrogens with one attached hydrogen (secondary N) is 2. The van der Waals surface area contributed by atoms with Gasteiger partial charge in [0, 0.05) is 39.5 Å². The van der Waals surface area contributed by atoms with E-state index in [4.69, 9.17) is 9.47 Å². The van der Waals surface area contributed by atoms with Crippen LogP contribution in [0.3, 0.4) is 0 Å². The number of guanidine groups is 1. The van der Waals surface area contributed by atoms with Crippen molar-refractivity contribution in [3.05, 3.63) is 23.9 Å². The number of rotatable bonds is 9. The Morgan fingerprint density at radius 2 is 2.09 bits per heavy atom. The zero-order valence-electron chi connectivity index (χ0n) is 13.6. The van der Waals surface area contributed by atoms with E-state index in [1.165, 1.54) is 6.42 Å². The molecule has 0 aromatic carbocycles. The molecule has 0 aliphatic carbocycles. The number of methoxy groups -OCH3 is 1. The monoisotopic (exact) mass is 422 g/mol. The largest absolute Gasteiger partial charge is 0.475 e. The molecule has 0 atom stereocenters. The van der Waals surface area contributed by atoms with Gasteiger partial charge in [-0.25, -0.2) is 4.98 Å².